The molecule has 0 aliphatic heterocycles. The topological polar surface area (TPSA) is 0 Å². The lowest BCUT2D eigenvalue weighted by Gasteiger charge is -2.12. The Bertz CT molecular complexity index is 550. The summed E-state index contributed by atoms with van der Waals surface area (Å²) in [5.74, 6) is 0. The fourth-order valence-corrected chi connectivity index (χ4v) is 2.06. The van der Waals surface area contributed by atoms with Crippen LogP contribution in [0.2, 0.25) is 0 Å². The molecule has 0 aliphatic carbocycles. The van der Waals surface area contributed by atoms with Gasteiger partial charge in [0.25, 0.3) is 6.43 Å². The number of benzene rings is 2. The summed E-state index contributed by atoms with van der Waals surface area (Å²) in [6, 6.07) is 9.67. The molecular formula is C12H7BrCl2F2. The van der Waals surface area contributed by atoms with Crippen molar-refractivity contribution in [1.29, 1.82) is 0 Å². The minimum atomic E-state index is -2.46. The molecule has 0 nitrogen and oxygen atoms in total. The number of hydrogen-bond acceptors (Lipinski definition) is 0. The highest BCUT2D eigenvalue weighted by Gasteiger charge is 2.22. The summed E-state index contributed by atoms with van der Waals surface area (Å²) < 4.78 is 23.9. The Labute approximate surface area is 116 Å². The zero-order valence-electron chi connectivity index (χ0n) is 8.43. The van der Waals surface area contributed by atoms with Gasteiger partial charge in [0, 0.05) is 5.56 Å². The van der Waals surface area contributed by atoms with Gasteiger partial charge in [0.1, 0.15) is 0 Å². The van der Waals surface area contributed by atoms with Gasteiger partial charge in [-0.1, -0.05) is 47.5 Å². The molecule has 5 heteroatoms. The Hall–Kier alpha value is -0.380. The van der Waals surface area contributed by atoms with E-state index in [2.05, 4.69) is 15.9 Å². The van der Waals surface area contributed by atoms with Gasteiger partial charge in [0.05, 0.1) is 0 Å². The second kappa shape index (κ2) is 4.71. The predicted molar refractivity (Wildman–Crippen MR) is 71.2 cm³/mol. The number of hydrogen-bond donors (Lipinski definition) is 0. The Morgan fingerprint density at radius 2 is 1.59 bits per heavy atom. The maximum atomic E-state index is 12.5. The zero-order valence-corrected chi connectivity index (χ0v) is 11.5. The number of alkyl halides is 5. The summed E-state index contributed by atoms with van der Waals surface area (Å²) in [7, 11) is 0. The monoisotopic (exact) mass is 338 g/mol. The Morgan fingerprint density at radius 1 is 1.00 bits per heavy atom. The standard InChI is InChI=1S/C12H7BrCl2F2/c13-12(14,15)10-4-3-7-5-9(11(16)17)2-1-8(7)6-10/h1-6,11H. The largest absolute Gasteiger partial charge is 0.263 e. The molecule has 90 valence electrons. The molecule has 0 amide bonds. The van der Waals surface area contributed by atoms with Crippen molar-refractivity contribution in [3.63, 3.8) is 0 Å². The SMILES string of the molecule is FC(F)c1ccc2cc(C(Cl)(Cl)Br)ccc2c1. The van der Waals surface area contributed by atoms with Gasteiger partial charge in [0.15, 0.2) is 3.24 Å². The summed E-state index contributed by atoms with van der Waals surface area (Å²) in [6.45, 7) is 0. The molecular weight excluding hydrogens is 333 g/mol. The predicted octanol–water partition coefficient (Wildman–Crippen LogP) is 5.76. The third-order valence-corrected chi connectivity index (χ3v) is 3.34. The molecule has 0 radical (unpaired) electrons. The first-order chi connectivity index (χ1) is 7.88. The third-order valence-electron chi connectivity index (χ3n) is 2.44. The molecule has 0 fully saturated rings. The lowest BCUT2D eigenvalue weighted by atomic mass is 10.0. The van der Waals surface area contributed by atoms with E-state index in [1.807, 2.05) is 0 Å². The normalized spacial score (nSPS) is 12.4. The van der Waals surface area contributed by atoms with Gasteiger partial charge in [-0.25, -0.2) is 8.78 Å². The van der Waals surface area contributed by atoms with E-state index in [0.29, 0.717) is 5.56 Å². The van der Waals surface area contributed by atoms with Gasteiger partial charge >= 0.3 is 0 Å². The van der Waals surface area contributed by atoms with Crippen molar-refractivity contribution in [3.05, 3.63) is 47.5 Å². The summed E-state index contributed by atoms with van der Waals surface area (Å²) in [5, 5.41) is 1.55. The second-order valence-electron chi connectivity index (χ2n) is 3.62. The van der Waals surface area contributed by atoms with E-state index in [1.54, 1.807) is 24.3 Å². The highest BCUT2D eigenvalue weighted by molar-refractivity contribution is 9.10. The van der Waals surface area contributed by atoms with Crippen molar-refractivity contribution in [2.75, 3.05) is 0 Å². The molecule has 0 saturated heterocycles. The quantitative estimate of drug-likeness (QED) is 0.610. The molecule has 0 aromatic heterocycles. The molecule has 2 aromatic carbocycles. The first kappa shape index (κ1) is 13.1. The van der Waals surface area contributed by atoms with Gasteiger partial charge in [-0.3, -0.25) is 0 Å². The molecule has 0 unspecified atom stereocenters. The van der Waals surface area contributed by atoms with E-state index < -0.39 is 9.67 Å². The molecule has 0 aliphatic rings. The van der Waals surface area contributed by atoms with Crippen molar-refractivity contribution in [2.45, 2.75) is 9.67 Å². The van der Waals surface area contributed by atoms with Crippen LogP contribution in [0.4, 0.5) is 8.78 Å². The van der Waals surface area contributed by atoms with Gasteiger partial charge in [0.2, 0.25) is 0 Å². The molecule has 0 saturated carbocycles. The third kappa shape index (κ3) is 2.90. The summed E-state index contributed by atoms with van der Waals surface area (Å²) in [6.07, 6.45) is -2.46. The van der Waals surface area contributed by atoms with Gasteiger partial charge in [-0.2, -0.15) is 0 Å². The van der Waals surface area contributed by atoms with Gasteiger partial charge in [-0.15, -0.1) is 0 Å². The highest BCUT2D eigenvalue weighted by atomic mass is 79.9. The first-order valence-corrected chi connectivity index (χ1v) is 6.32. The van der Waals surface area contributed by atoms with Crippen LogP contribution in [0, 0.1) is 0 Å². The lowest BCUT2D eigenvalue weighted by molar-refractivity contribution is 0.151. The smallest absolute Gasteiger partial charge is 0.205 e. The van der Waals surface area contributed by atoms with Crippen LogP contribution in [0.25, 0.3) is 10.8 Å². The van der Waals surface area contributed by atoms with Gasteiger partial charge < -0.3 is 0 Å². The Morgan fingerprint density at radius 3 is 2.18 bits per heavy atom. The lowest BCUT2D eigenvalue weighted by Crippen LogP contribution is -1.98. The number of fused-ring (bicyclic) bond motifs is 1. The van der Waals surface area contributed by atoms with Crippen LogP contribution >= 0.6 is 39.1 Å². The van der Waals surface area contributed by atoms with Crippen LogP contribution in [0.3, 0.4) is 0 Å². The van der Waals surface area contributed by atoms with Crippen molar-refractivity contribution < 1.29 is 8.78 Å². The molecule has 2 aromatic rings. The van der Waals surface area contributed by atoms with Crippen LogP contribution in [0.15, 0.2) is 36.4 Å². The highest BCUT2D eigenvalue weighted by Crippen LogP contribution is 2.41. The van der Waals surface area contributed by atoms with E-state index in [9.17, 15) is 8.78 Å². The molecule has 0 atom stereocenters. The summed E-state index contributed by atoms with van der Waals surface area (Å²) >= 11 is 14.9. The number of rotatable bonds is 2. The van der Waals surface area contributed by atoms with Crippen LogP contribution in [-0.4, -0.2) is 0 Å². The van der Waals surface area contributed by atoms with Crippen molar-refractivity contribution >= 4 is 49.9 Å². The van der Waals surface area contributed by atoms with E-state index in [1.165, 1.54) is 12.1 Å². The van der Waals surface area contributed by atoms with E-state index in [4.69, 9.17) is 23.2 Å². The zero-order chi connectivity index (χ0) is 12.6. The maximum Gasteiger partial charge on any atom is 0.263 e. The molecule has 0 bridgehead atoms. The van der Waals surface area contributed by atoms with Crippen LogP contribution in [-0.2, 0) is 3.24 Å². The van der Waals surface area contributed by atoms with Gasteiger partial charge in [-0.05, 0) is 44.4 Å². The van der Waals surface area contributed by atoms with E-state index >= 15 is 0 Å². The first-order valence-electron chi connectivity index (χ1n) is 4.77. The second-order valence-corrected chi connectivity index (χ2v) is 7.05. The van der Waals surface area contributed by atoms with Crippen molar-refractivity contribution in [3.8, 4) is 0 Å². The van der Waals surface area contributed by atoms with E-state index in [0.717, 1.165) is 10.8 Å². The average molecular weight is 340 g/mol. The molecule has 17 heavy (non-hydrogen) atoms. The Kier molecular flexibility index (Phi) is 3.62. The van der Waals surface area contributed by atoms with Crippen LogP contribution in [0.5, 0.6) is 0 Å². The average Bonchev–Trinajstić information content (AvgIpc) is 2.26. The molecule has 0 heterocycles. The fourth-order valence-electron chi connectivity index (χ4n) is 1.58. The minimum absolute atomic E-state index is 0.00658. The minimum Gasteiger partial charge on any atom is -0.205 e. The van der Waals surface area contributed by atoms with Crippen LogP contribution in [0.1, 0.15) is 17.6 Å². The van der Waals surface area contributed by atoms with Crippen molar-refractivity contribution in [2.24, 2.45) is 0 Å². The van der Waals surface area contributed by atoms with E-state index in [-0.39, 0.29) is 5.56 Å². The number of halogens is 5. The van der Waals surface area contributed by atoms with Crippen molar-refractivity contribution in [1.82, 2.24) is 0 Å². The molecule has 0 spiro atoms. The Balaban J connectivity index is 2.54. The molecule has 0 N–H and O–H groups in total. The summed E-state index contributed by atoms with van der Waals surface area (Å²) in [5.41, 5.74) is 0.672. The van der Waals surface area contributed by atoms with Crippen LogP contribution < -0.4 is 0 Å². The maximum absolute atomic E-state index is 12.5. The fraction of sp³-hybridized carbons (Fsp3) is 0.167. The summed E-state index contributed by atoms with van der Waals surface area (Å²) in [4.78, 5) is 0. The molecule has 2 rings (SSSR count).